The molecular weight excluding hydrogens is 252 g/mol. The van der Waals surface area contributed by atoms with Crippen molar-refractivity contribution in [3.63, 3.8) is 0 Å². The summed E-state index contributed by atoms with van der Waals surface area (Å²) in [6, 6.07) is 9.92. The Labute approximate surface area is 118 Å². The number of carbonyl (C=O) groups is 1. The van der Waals surface area contributed by atoms with E-state index in [9.17, 15) is 4.79 Å². The van der Waals surface area contributed by atoms with Gasteiger partial charge in [-0.05, 0) is 30.2 Å². The van der Waals surface area contributed by atoms with Gasteiger partial charge in [-0.3, -0.25) is 4.79 Å². The number of aromatic nitrogens is 1. The van der Waals surface area contributed by atoms with Gasteiger partial charge in [0, 0.05) is 24.9 Å². The molecule has 2 aromatic rings. The number of methoxy groups -OCH3 is 1. The lowest BCUT2D eigenvalue weighted by molar-refractivity contribution is -0.118. The molecule has 0 aliphatic rings. The van der Waals surface area contributed by atoms with Crippen molar-refractivity contribution in [3.8, 4) is 5.88 Å². The van der Waals surface area contributed by atoms with Gasteiger partial charge in [0.25, 0.3) is 0 Å². The molecule has 0 saturated carbocycles. The van der Waals surface area contributed by atoms with Gasteiger partial charge >= 0.3 is 0 Å². The van der Waals surface area contributed by atoms with Crippen LogP contribution in [0.4, 0.5) is 0 Å². The molecule has 0 unspecified atom stereocenters. The number of hydrogen-bond acceptors (Lipinski definition) is 3. The third kappa shape index (κ3) is 3.82. The molecule has 1 aromatic heterocycles. The number of nitrogens with zero attached hydrogens (tertiary/aromatic N) is 1. The third-order valence-electron chi connectivity index (χ3n) is 2.89. The molecular formula is C16H18N2O2. The van der Waals surface area contributed by atoms with Gasteiger partial charge in [0.15, 0.2) is 0 Å². The zero-order valence-electron chi connectivity index (χ0n) is 11.7. The van der Waals surface area contributed by atoms with Gasteiger partial charge in [-0.1, -0.05) is 18.2 Å². The Morgan fingerprint density at radius 1 is 1.35 bits per heavy atom. The number of hydrogen-bond donors (Lipinski definition) is 1. The average Bonchev–Trinajstić information content (AvgIpc) is 2.46. The van der Waals surface area contributed by atoms with Crippen molar-refractivity contribution in [2.45, 2.75) is 13.3 Å². The molecule has 0 atom stereocenters. The summed E-state index contributed by atoms with van der Waals surface area (Å²) in [5.74, 6) is 0.625. The Kier molecular flexibility index (Phi) is 4.71. The highest BCUT2D eigenvalue weighted by molar-refractivity contribution is 5.81. The Balaban J connectivity index is 2.04. The number of benzene rings is 1. The maximum Gasteiger partial charge on any atom is 0.216 e. The molecule has 1 aromatic carbocycles. The highest BCUT2D eigenvalue weighted by atomic mass is 16.5. The third-order valence-corrected chi connectivity index (χ3v) is 2.89. The van der Waals surface area contributed by atoms with Crippen molar-refractivity contribution in [2.75, 3.05) is 13.7 Å². The number of ether oxygens (including phenoxy) is 1. The van der Waals surface area contributed by atoms with E-state index in [0.717, 1.165) is 22.9 Å². The summed E-state index contributed by atoms with van der Waals surface area (Å²) in [5, 5.41) is 3.84. The SMILES string of the molecule is COc1ccc2cc(C=CCCNC(C)=O)ccc2n1. The molecule has 0 saturated heterocycles. The van der Waals surface area contributed by atoms with Gasteiger partial charge in [-0.2, -0.15) is 0 Å². The second kappa shape index (κ2) is 6.70. The van der Waals surface area contributed by atoms with Crippen molar-refractivity contribution in [1.82, 2.24) is 10.3 Å². The van der Waals surface area contributed by atoms with Crippen LogP contribution in [0.5, 0.6) is 5.88 Å². The fraction of sp³-hybridized carbons (Fsp3) is 0.250. The minimum atomic E-state index is 0.00382. The lowest BCUT2D eigenvalue weighted by Crippen LogP contribution is -2.20. The van der Waals surface area contributed by atoms with Gasteiger partial charge in [0.1, 0.15) is 0 Å². The number of carbonyl (C=O) groups excluding carboxylic acids is 1. The van der Waals surface area contributed by atoms with Gasteiger partial charge in [0.05, 0.1) is 12.6 Å². The number of nitrogens with one attached hydrogen (secondary N) is 1. The van der Waals surface area contributed by atoms with Crippen LogP contribution >= 0.6 is 0 Å². The lowest BCUT2D eigenvalue weighted by Gasteiger charge is -2.02. The molecule has 0 aliphatic heterocycles. The van der Waals surface area contributed by atoms with E-state index >= 15 is 0 Å². The summed E-state index contributed by atoms with van der Waals surface area (Å²) >= 11 is 0. The van der Waals surface area contributed by atoms with E-state index in [1.165, 1.54) is 6.92 Å². The summed E-state index contributed by atoms with van der Waals surface area (Å²) in [6.45, 7) is 2.19. The minimum Gasteiger partial charge on any atom is -0.481 e. The summed E-state index contributed by atoms with van der Waals surface area (Å²) in [6.07, 6.45) is 4.91. The van der Waals surface area contributed by atoms with E-state index in [0.29, 0.717) is 12.4 Å². The molecule has 4 heteroatoms. The summed E-state index contributed by atoms with van der Waals surface area (Å²) in [5.41, 5.74) is 2.03. The van der Waals surface area contributed by atoms with Crippen LogP contribution in [0.2, 0.25) is 0 Å². The molecule has 0 aliphatic carbocycles. The first-order valence-electron chi connectivity index (χ1n) is 6.55. The molecule has 0 radical (unpaired) electrons. The maximum absolute atomic E-state index is 10.7. The fourth-order valence-corrected chi connectivity index (χ4v) is 1.89. The van der Waals surface area contributed by atoms with Gasteiger partial charge in [0.2, 0.25) is 11.8 Å². The lowest BCUT2D eigenvalue weighted by atomic mass is 10.1. The Hall–Kier alpha value is -2.36. The fourth-order valence-electron chi connectivity index (χ4n) is 1.89. The van der Waals surface area contributed by atoms with E-state index in [-0.39, 0.29) is 5.91 Å². The topological polar surface area (TPSA) is 51.2 Å². The van der Waals surface area contributed by atoms with E-state index in [2.05, 4.69) is 16.4 Å². The normalized spacial score (nSPS) is 10.9. The van der Waals surface area contributed by atoms with Crippen molar-refractivity contribution in [1.29, 1.82) is 0 Å². The summed E-state index contributed by atoms with van der Waals surface area (Å²) < 4.78 is 5.10. The van der Waals surface area contributed by atoms with Crippen LogP contribution in [0.3, 0.4) is 0 Å². The average molecular weight is 270 g/mol. The molecule has 1 amide bonds. The van der Waals surface area contributed by atoms with Crippen LogP contribution in [0.15, 0.2) is 36.4 Å². The van der Waals surface area contributed by atoms with Gasteiger partial charge in [-0.25, -0.2) is 4.98 Å². The van der Waals surface area contributed by atoms with Crippen LogP contribution in [0, 0.1) is 0 Å². The molecule has 1 N–H and O–H groups in total. The number of amides is 1. The van der Waals surface area contributed by atoms with Crippen LogP contribution < -0.4 is 10.1 Å². The van der Waals surface area contributed by atoms with Crippen molar-refractivity contribution in [3.05, 3.63) is 42.0 Å². The van der Waals surface area contributed by atoms with Gasteiger partial charge in [-0.15, -0.1) is 0 Å². The number of pyridine rings is 1. The van der Waals surface area contributed by atoms with E-state index in [4.69, 9.17) is 4.74 Å². The summed E-state index contributed by atoms with van der Waals surface area (Å²) in [7, 11) is 1.61. The molecule has 20 heavy (non-hydrogen) atoms. The number of fused-ring (bicyclic) bond motifs is 1. The predicted octanol–water partition coefficient (Wildman–Crippen LogP) is 2.78. The Morgan fingerprint density at radius 3 is 2.95 bits per heavy atom. The van der Waals surface area contributed by atoms with E-state index in [1.54, 1.807) is 7.11 Å². The standard InChI is InChI=1S/C16H18N2O2/c1-12(19)17-10-4-3-5-13-6-8-15-14(11-13)7-9-16(18-15)20-2/h3,5-9,11H,4,10H2,1-2H3,(H,17,19). The second-order valence-electron chi connectivity index (χ2n) is 4.48. The molecule has 0 spiro atoms. The monoisotopic (exact) mass is 270 g/mol. The largest absolute Gasteiger partial charge is 0.481 e. The van der Waals surface area contributed by atoms with Crippen molar-refractivity contribution in [2.24, 2.45) is 0 Å². The molecule has 0 bridgehead atoms. The zero-order chi connectivity index (χ0) is 14.4. The molecule has 104 valence electrons. The highest BCUT2D eigenvalue weighted by Crippen LogP contribution is 2.18. The van der Waals surface area contributed by atoms with Crippen molar-refractivity contribution < 1.29 is 9.53 Å². The van der Waals surface area contributed by atoms with Crippen LogP contribution in [-0.4, -0.2) is 24.5 Å². The molecule has 1 heterocycles. The minimum absolute atomic E-state index is 0.00382. The molecule has 4 nitrogen and oxygen atoms in total. The first-order chi connectivity index (χ1) is 9.69. The predicted molar refractivity (Wildman–Crippen MR) is 80.6 cm³/mol. The van der Waals surface area contributed by atoms with Crippen molar-refractivity contribution >= 4 is 22.9 Å². The molecule has 2 rings (SSSR count). The highest BCUT2D eigenvalue weighted by Gasteiger charge is 1.98. The van der Waals surface area contributed by atoms with Gasteiger partial charge < -0.3 is 10.1 Å². The van der Waals surface area contributed by atoms with Crippen LogP contribution in [-0.2, 0) is 4.79 Å². The maximum atomic E-state index is 10.7. The van der Waals surface area contributed by atoms with E-state index in [1.807, 2.05) is 36.4 Å². The molecule has 0 fully saturated rings. The second-order valence-corrected chi connectivity index (χ2v) is 4.48. The number of rotatable bonds is 5. The first kappa shape index (κ1) is 14.1. The van der Waals surface area contributed by atoms with E-state index < -0.39 is 0 Å². The Bertz CT molecular complexity index is 635. The van der Waals surface area contributed by atoms with Crippen LogP contribution in [0.1, 0.15) is 18.9 Å². The first-order valence-corrected chi connectivity index (χ1v) is 6.55. The Morgan fingerprint density at radius 2 is 2.20 bits per heavy atom. The smallest absolute Gasteiger partial charge is 0.216 e. The summed E-state index contributed by atoms with van der Waals surface area (Å²) in [4.78, 5) is 15.1. The quantitative estimate of drug-likeness (QED) is 0.850. The van der Waals surface area contributed by atoms with Crippen LogP contribution in [0.25, 0.3) is 17.0 Å². The zero-order valence-corrected chi connectivity index (χ0v) is 11.7.